The Morgan fingerprint density at radius 2 is 2.00 bits per heavy atom. The second-order valence-electron chi connectivity index (χ2n) is 4.12. The number of hydrogen-bond acceptors (Lipinski definition) is 5. The van der Waals surface area contributed by atoms with Gasteiger partial charge in [0, 0.05) is 24.8 Å². The molecule has 0 unspecified atom stereocenters. The van der Waals surface area contributed by atoms with E-state index in [4.69, 9.17) is 4.42 Å². The van der Waals surface area contributed by atoms with Crippen molar-refractivity contribution in [3.8, 4) is 5.75 Å². The van der Waals surface area contributed by atoms with E-state index in [1.165, 1.54) is 0 Å². The largest absolute Gasteiger partial charge is 0.506 e. The quantitative estimate of drug-likeness (QED) is 0.674. The molecule has 1 heterocycles. The molecule has 0 radical (unpaired) electrons. The molecule has 5 heteroatoms. The Morgan fingerprint density at radius 1 is 1.32 bits per heavy atom. The van der Waals surface area contributed by atoms with E-state index in [0.29, 0.717) is 11.7 Å². The first-order valence-electron chi connectivity index (χ1n) is 6.12. The Balaban J connectivity index is 2.68. The fraction of sp³-hybridized carbons (Fsp3) is 0.286. The minimum absolute atomic E-state index is 0.275. The zero-order valence-electron chi connectivity index (χ0n) is 10.8. The molecule has 2 aromatic rings. The summed E-state index contributed by atoms with van der Waals surface area (Å²) in [5.74, 6) is -0.327. The molecule has 5 nitrogen and oxygen atoms in total. The van der Waals surface area contributed by atoms with Crippen LogP contribution in [-0.2, 0) is 0 Å². The van der Waals surface area contributed by atoms with Crippen LogP contribution in [0.2, 0.25) is 0 Å². The molecule has 0 bridgehead atoms. The highest BCUT2D eigenvalue weighted by Gasteiger charge is 2.14. The fourth-order valence-corrected chi connectivity index (χ4v) is 2.08. The van der Waals surface area contributed by atoms with Crippen LogP contribution in [0.15, 0.2) is 27.4 Å². The summed E-state index contributed by atoms with van der Waals surface area (Å²) in [6.45, 7) is 5.70. The van der Waals surface area contributed by atoms with Gasteiger partial charge in [0.1, 0.15) is 16.9 Å². The highest BCUT2D eigenvalue weighted by Crippen LogP contribution is 2.28. The molecule has 0 aliphatic rings. The van der Waals surface area contributed by atoms with Crippen LogP contribution in [0.25, 0.3) is 11.0 Å². The lowest BCUT2D eigenvalue weighted by Gasteiger charge is -2.21. The number of fused-ring (bicyclic) bond motifs is 1. The fourth-order valence-electron chi connectivity index (χ4n) is 2.08. The van der Waals surface area contributed by atoms with E-state index < -0.39 is 5.63 Å². The van der Waals surface area contributed by atoms with E-state index in [0.717, 1.165) is 18.8 Å². The molecule has 100 valence electrons. The number of benzene rings is 1. The molecule has 1 N–H and O–H groups in total. The van der Waals surface area contributed by atoms with Gasteiger partial charge in [-0.05, 0) is 26.0 Å². The van der Waals surface area contributed by atoms with Crippen molar-refractivity contribution in [2.75, 3.05) is 18.0 Å². The molecule has 2 rings (SSSR count). The zero-order chi connectivity index (χ0) is 14.0. The molecule has 1 aromatic carbocycles. The second kappa shape index (κ2) is 5.14. The predicted octanol–water partition coefficient (Wildman–Crippen LogP) is 2.16. The third-order valence-electron chi connectivity index (χ3n) is 3.14. The lowest BCUT2D eigenvalue weighted by atomic mass is 10.1. The SMILES string of the molecule is CCN(CC)c1ccc2c(O)c(C=O)c(=O)oc2c1. The van der Waals surface area contributed by atoms with E-state index in [1.807, 2.05) is 19.9 Å². The molecular weight excluding hydrogens is 246 g/mol. The van der Waals surface area contributed by atoms with Gasteiger partial charge >= 0.3 is 5.63 Å². The Kier molecular flexibility index (Phi) is 3.55. The van der Waals surface area contributed by atoms with Gasteiger partial charge in [0.2, 0.25) is 0 Å². The molecule has 1 aromatic heterocycles. The third-order valence-corrected chi connectivity index (χ3v) is 3.14. The van der Waals surface area contributed by atoms with Crippen molar-refractivity contribution in [3.63, 3.8) is 0 Å². The number of nitrogens with zero attached hydrogens (tertiary/aromatic N) is 1. The van der Waals surface area contributed by atoms with Crippen molar-refractivity contribution < 1.29 is 14.3 Å². The molecule has 0 amide bonds. The van der Waals surface area contributed by atoms with Crippen LogP contribution in [0.4, 0.5) is 5.69 Å². The van der Waals surface area contributed by atoms with Crippen molar-refractivity contribution >= 4 is 22.9 Å². The minimum Gasteiger partial charge on any atom is -0.506 e. The monoisotopic (exact) mass is 261 g/mol. The van der Waals surface area contributed by atoms with Crippen molar-refractivity contribution in [2.24, 2.45) is 0 Å². The Morgan fingerprint density at radius 3 is 2.58 bits per heavy atom. The first-order valence-corrected chi connectivity index (χ1v) is 6.12. The van der Waals surface area contributed by atoms with Crippen molar-refractivity contribution in [2.45, 2.75) is 13.8 Å². The Hall–Kier alpha value is -2.30. The number of anilines is 1. The lowest BCUT2D eigenvalue weighted by molar-refractivity contribution is 0.111. The number of hydrogen-bond donors (Lipinski definition) is 1. The van der Waals surface area contributed by atoms with Crippen molar-refractivity contribution in [1.29, 1.82) is 0 Å². The minimum atomic E-state index is -0.823. The average Bonchev–Trinajstić information content (AvgIpc) is 2.40. The van der Waals surface area contributed by atoms with Gasteiger partial charge in [-0.1, -0.05) is 0 Å². The highest BCUT2D eigenvalue weighted by atomic mass is 16.4. The maximum absolute atomic E-state index is 11.5. The van der Waals surface area contributed by atoms with Gasteiger partial charge in [-0.2, -0.15) is 0 Å². The van der Waals surface area contributed by atoms with E-state index in [2.05, 4.69) is 4.90 Å². The standard InChI is InChI=1S/C14H15NO4/c1-3-15(4-2)9-5-6-10-12(7-9)19-14(18)11(8-16)13(10)17/h5-8,17H,3-4H2,1-2H3. The van der Waals surface area contributed by atoms with Gasteiger partial charge in [-0.25, -0.2) is 4.79 Å². The summed E-state index contributed by atoms with van der Waals surface area (Å²) in [4.78, 5) is 24.4. The van der Waals surface area contributed by atoms with Crippen LogP contribution >= 0.6 is 0 Å². The number of aldehydes is 1. The summed E-state index contributed by atoms with van der Waals surface area (Å²) >= 11 is 0. The molecule has 0 aliphatic heterocycles. The summed E-state index contributed by atoms with van der Waals surface area (Å²) in [5, 5.41) is 10.2. The molecule has 0 spiro atoms. The molecular formula is C14H15NO4. The summed E-state index contributed by atoms with van der Waals surface area (Å²) in [5.41, 5.74) is 0.0104. The molecule has 0 atom stereocenters. The first kappa shape index (κ1) is 13.1. The highest BCUT2D eigenvalue weighted by molar-refractivity contribution is 5.93. The summed E-state index contributed by atoms with van der Waals surface area (Å²) < 4.78 is 5.07. The topological polar surface area (TPSA) is 70.8 Å². The number of carbonyl (C=O) groups excluding carboxylic acids is 1. The third kappa shape index (κ3) is 2.19. The predicted molar refractivity (Wildman–Crippen MR) is 73.1 cm³/mol. The van der Waals surface area contributed by atoms with E-state index in [1.54, 1.807) is 12.1 Å². The second-order valence-corrected chi connectivity index (χ2v) is 4.12. The van der Waals surface area contributed by atoms with Crippen LogP contribution in [0.5, 0.6) is 5.75 Å². The summed E-state index contributed by atoms with van der Waals surface area (Å²) in [6, 6.07) is 5.16. The van der Waals surface area contributed by atoms with E-state index in [-0.39, 0.29) is 16.9 Å². The average molecular weight is 261 g/mol. The summed E-state index contributed by atoms with van der Waals surface area (Å²) in [6.07, 6.45) is 0.304. The zero-order valence-corrected chi connectivity index (χ0v) is 10.8. The maximum Gasteiger partial charge on any atom is 0.350 e. The smallest absolute Gasteiger partial charge is 0.350 e. The van der Waals surface area contributed by atoms with Crippen molar-refractivity contribution in [3.05, 3.63) is 34.2 Å². The molecule has 0 saturated heterocycles. The number of carbonyl (C=O) groups is 1. The normalized spacial score (nSPS) is 10.6. The number of aromatic hydroxyl groups is 1. The molecule has 19 heavy (non-hydrogen) atoms. The lowest BCUT2D eigenvalue weighted by Crippen LogP contribution is -2.21. The van der Waals surface area contributed by atoms with Gasteiger partial charge in [0.15, 0.2) is 6.29 Å². The van der Waals surface area contributed by atoms with Gasteiger partial charge in [0.05, 0.1) is 5.39 Å². The maximum atomic E-state index is 11.5. The molecule has 0 saturated carbocycles. The molecule has 0 fully saturated rings. The first-order chi connectivity index (χ1) is 9.12. The van der Waals surface area contributed by atoms with Gasteiger partial charge in [0.25, 0.3) is 0 Å². The van der Waals surface area contributed by atoms with Gasteiger partial charge in [-0.3, -0.25) is 4.79 Å². The van der Waals surface area contributed by atoms with Crippen LogP contribution in [0.1, 0.15) is 24.2 Å². The van der Waals surface area contributed by atoms with E-state index in [9.17, 15) is 14.7 Å². The molecule has 0 aliphatic carbocycles. The van der Waals surface area contributed by atoms with Crippen molar-refractivity contribution in [1.82, 2.24) is 0 Å². The van der Waals surface area contributed by atoms with Crippen LogP contribution in [0, 0.1) is 0 Å². The Labute approximate surface area is 110 Å². The van der Waals surface area contributed by atoms with Crippen LogP contribution < -0.4 is 10.5 Å². The van der Waals surface area contributed by atoms with Crippen LogP contribution in [-0.4, -0.2) is 24.5 Å². The van der Waals surface area contributed by atoms with Crippen LogP contribution in [0.3, 0.4) is 0 Å². The Bertz CT molecular complexity index is 671. The summed E-state index contributed by atoms with van der Waals surface area (Å²) in [7, 11) is 0. The van der Waals surface area contributed by atoms with Gasteiger partial charge < -0.3 is 14.4 Å². The van der Waals surface area contributed by atoms with E-state index >= 15 is 0 Å². The number of rotatable bonds is 4. The van der Waals surface area contributed by atoms with Gasteiger partial charge in [-0.15, -0.1) is 0 Å².